The van der Waals surface area contributed by atoms with Crippen molar-refractivity contribution in [3.63, 3.8) is 0 Å². The summed E-state index contributed by atoms with van der Waals surface area (Å²) >= 11 is 12.3. The highest BCUT2D eigenvalue weighted by molar-refractivity contribution is 6.52. The van der Waals surface area contributed by atoms with Gasteiger partial charge in [0.25, 0.3) is 11.7 Å². The first-order valence-electron chi connectivity index (χ1n) is 11.3. The number of aliphatic hydroxyl groups is 1. The summed E-state index contributed by atoms with van der Waals surface area (Å²) in [6.07, 6.45) is 4.21. The van der Waals surface area contributed by atoms with Crippen LogP contribution in [0, 0.1) is 6.92 Å². The summed E-state index contributed by atoms with van der Waals surface area (Å²) < 4.78 is 0. The summed E-state index contributed by atoms with van der Waals surface area (Å²) in [6.45, 7) is 1.92. The van der Waals surface area contributed by atoms with E-state index in [4.69, 9.17) is 23.2 Å². The molecule has 0 saturated carbocycles. The number of nitrogens with zero attached hydrogens (tertiary/aromatic N) is 1. The predicted octanol–water partition coefficient (Wildman–Crippen LogP) is 6.81. The van der Waals surface area contributed by atoms with Crippen molar-refractivity contribution in [1.82, 2.24) is 0 Å². The van der Waals surface area contributed by atoms with E-state index in [1.54, 1.807) is 18.2 Å². The molecule has 34 heavy (non-hydrogen) atoms. The van der Waals surface area contributed by atoms with Crippen molar-refractivity contribution in [2.45, 2.75) is 38.6 Å². The molecule has 1 N–H and O–H groups in total. The Balaban J connectivity index is 1.72. The van der Waals surface area contributed by atoms with E-state index in [-0.39, 0.29) is 16.4 Å². The highest BCUT2D eigenvalue weighted by Crippen LogP contribution is 2.44. The van der Waals surface area contributed by atoms with E-state index >= 15 is 0 Å². The van der Waals surface area contributed by atoms with E-state index in [1.165, 1.54) is 16.0 Å². The summed E-state index contributed by atoms with van der Waals surface area (Å²) in [5.41, 5.74) is 5.17. The summed E-state index contributed by atoms with van der Waals surface area (Å²) in [6, 6.07) is 17.4. The van der Waals surface area contributed by atoms with Gasteiger partial charge in [0, 0.05) is 11.3 Å². The van der Waals surface area contributed by atoms with Gasteiger partial charge in [0.15, 0.2) is 0 Å². The number of aryl methyl sites for hydroxylation is 3. The van der Waals surface area contributed by atoms with Crippen LogP contribution < -0.4 is 4.90 Å². The Hall–Kier alpha value is -3.08. The quantitative estimate of drug-likeness (QED) is 0.248. The van der Waals surface area contributed by atoms with Crippen LogP contribution in [0.4, 0.5) is 5.69 Å². The van der Waals surface area contributed by atoms with Crippen LogP contribution in [0.2, 0.25) is 10.0 Å². The monoisotopic (exact) mass is 491 g/mol. The molecule has 1 aliphatic heterocycles. The number of carbonyl (C=O) groups excluding carboxylic acids is 2. The second-order valence-electron chi connectivity index (χ2n) is 8.81. The third kappa shape index (κ3) is 3.81. The Bertz CT molecular complexity index is 1360. The number of fused-ring (bicyclic) bond motifs is 1. The molecule has 1 fully saturated rings. The summed E-state index contributed by atoms with van der Waals surface area (Å²) in [5.74, 6) is -1.61. The fourth-order valence-electron chi connectivity index (χ4n) is 4.96. The number of hydrogen-bond donors (Lipinski definition) is 1. The van der Waals surface area contributed by atoms with Gasteiger partial charge in [-0.25, -0.2) is 0 Å². The molecule has 3 aromatic rings. The van der Waals surface area contributed by atoms with Gasteiger partial charge in [0.2, 0.25) is 0 Å². The van der Waals surface area contributed by atoms with Gasteiger partial charge in [-0.1, -0.05) is 59.6 Å². The first kappa shape index (κ1) is 22.7. The van der Waals surface area contributed by atoms with Crippen molar-refractivity contribution in [2.24, 2.45) is 0 Å². The van der Waals surface area contributed by atoms with Crippen molar-refractivity contribution < 1.29 is 14.7 Å². The topological polar surface area (TPSA) is 57.6 Å². The van der Waals surface area contributed by atoms with Crippen LogP contribution in [0.5, 0.6) is 0 Å². The molecule has 6 heteroatoms. The minimum Gasteiger partial charge on any atom is -0.507 e. The zero-order chi connectivity index (χ0) is 24.0. The average molecular weight is 492 g/mol. The number of ketones is 1. The summed E-state index contributed by atoms with van der Waals surface area (Å²) in [5, 5.41) is 12.1. The maximum atomic E-state index is 13.4. The molecular weight excluding hydrogens is 469 g/mol. The van der Waals surface area contributed by atoms with Gasteiger partial charge in [0.1, 0.15) is 5.76 Å². The lowest BCUT2D eigenvalue weighted by Gasteiger charge is -2.27. The number of amides is 1. The molecule has 1 amide bonds. The Kier molecular flexibility index (Phi) is 5.97. The Morgan fingerprint density at radius 1 is 0.912 bits per heavy atom. The van der Waals surface area contributed by atoms with Crippen LogP contribution in [0.25, 0.3) is 5.76 Å². The predicted molar refractivity (Wildman–Crippen MR) is 136 cm³/mol. The number of aliphatic hydroxyl groups excluding tert-OH is 1. The second kappa shape index (κ2) is 8.94. The normalized spacial score (nSPS) is 19.4. The second-order valence-corrected chi connectivity index (χ2v) is 9.63. The van der Waals surface area contributed by atoms with E-state index in [1.807, 2.05) is 49.4 Å². The molecule has 4 nitrogen and oxygen atoms in total. The van der Waals surface area contributed by atoms with Crippen LogP contribution in [0.3, 0.4) is 0 Å². The van der Waals surface area contributed by atoms with Crippen molar-refractivity contribution in [2.75, 3.05) is 4.90 Å². The van der Waals surface area contributed by atoms with Crippen LogP contribution in [-0.4, -0.2) is 16.8 Å². The number of halogens is 2. The van der Waals surface area contributed by atoms with Gasteiger partial charge < -0.3 is 5.11 Å². The van der Waals surface area contributed by atoms with E-state index in [0.717, 1.165) is 36.8 Å². The molecule has 172 valence electrons. The van der Waals surface area contributed by atoms with E-state index in [2.05, 4.69) is 0 Å². The average Bonchev–Trinajstić information content (AvgIpc) is 3.10. The molecule has 0 radical (unpaired) electrons. The smallest absolute Gasteiger partial charge is 0.300 e. The Morgan fingerprint density at radius 2 is 1.65 bits per heavy atom. The highest BCUT2D eigenvalue weighted by Gasteiger charge is 2.47. The zero-order valence-electron chi connectivity index (χ0n) is 18.6. The SMILES string of the molecule is Cc1ccccc1C1/C(=C(\O)c2ccc3c(c2)CCCC3)C(=O)C(=O)N1c1ccc(Cl)c(Cl)c1. The van der Waals surface area contributed by atoms with Gasteiger partial charge in [-0.2, -0.15) is 0 Å². The van der Waals surface area contributed by atoms with Gasteiger partial charge in [-0.15, -0.1) is 0 Å². The number of benzene rings is 3. The van der Waals surface area contributed by atoms with Gasteiger partial charge in [-0.05, 0) is 79.1 Å². The van der Waals surface area contributed by atoms with Gasteiger partial charge >= 0.3 is 0 Å². The highest BCUT2D eigenvalue weighted by atomic mass is 35.5. The number of carbonyl (C=O) groups is 2. The lowest BCUT2D eigenvalue weighted by Crippen LogP contribution is -2.29. The Morgan fingerprint density at radius 3 is 2.38 bits per heavy atom. The number of rotatable bonds is 3. The molecule has 1 heterocycles. The van der Waals surface area contributed by atoms with E-state index < -0.39 is 17.7 Å². The lowest BCUT2D eigenvalue weighted by atomic mass is 9.88. The largest absolute Gasteiger partial charge is 0.507 e. The summed E-state index contributed by atoms with van der Waals surface area (Å²) in [4.78, 5) is 28.1. The minimum atomic E-state index is -0.797. The maximum Gasteiger partial charge on any atom is 0.300 e. The maximum absolute atomic E-state index is 13.4. The minimum absolute atomic E-state index is 0.0705. The van der Waals surface area contributed by atoms with Gasteiger partial charge in [0.05, 0.1) is 21.7 Å². The van der Waals surface area contributed by atoms with Gasteiger partial charge in [-0.3, -0.25) is 14.5 Å². The molecule has 1 aliphatic carbocycles. The third-order valence-corrected chi connectivity index (χ3v) is 7.47. The van der Waals surface area contributed by atoms with Crippen LogP contribution in [-0.2, 0) is 22.4 Å². The van der Waals surface area contributed by atoms with Crippen molar-refractivity contribution in [3.05, 3.63) is 104 Å². The van der Waals surface area contributed by atoms with E-state index in [0.29, 0.717) is 16.3 Å². The molecule has 0 spiro atoms. The standard InChI is InChI=1S/C28H23Cl2NO3/c1-16-6-2-5-9-21(16)25-24(26(32)19-11-10-17-7-3-4-8-18(17)14-19)27(33)28(34)31(25)20-12-13-22(29)23(30)15-20/h2,5-6,9-15,25,32H,3-4,7-8H2,1H3/b26-24+. The Labute approximate surface area is 208 Å². The van der Waals surface area contributed by atoms with Crippen molar-refractivity contribution in [3.8, 4) is 0 Å². The fourth-order valence-corrected chi connectivity index (χ4v) is 5.25. The molecule has 1 saturated heterocycles. The molecule has 5 rings (SSSR count). The molecule has 0 bridgehead atoms. The third-order valence-electron chi connectivity index (χ3n) is 6.73. The van der Waals surface area contributed by atoms with Crippen molar-refractivity contribution in [1.29, 1.82) is 0 Å². The fraction of sp³-hybridized carbons (Fsp3) is 0.214. The molecule has 2 aliphatic rings. The number of Topliss-reactive ketones (excluding diaryl/α,β-unsaturated/α-hetero) is 1. The van der Waals surface area contributed by atoms with Crippen LogP contribution in [0.1, 0.15) is 46.7 Å². The number of anilines is 1. The lowest BCUT2D eigenvalue weighted by molar-refractivity contribution is -0.132. The van der Waals surface area contributed by atoms with Crippen LogP contribution >= 0.6 is 23.2 Å². The van der Waals surface area contributed by atoms with Crippen molar-refractivity contribution >= 4 is 46.3 Å². The molecule has 1 atom stereocenters. The first-order valence-corrected chi connectivity index (χ1v) is 12.1. The zero-order valence-corrected chi connectivity index (χ0v) is 20.2. The first-order chi connectivity index (χ1) is 16.4. The van der Waals surface area contributed by atoms with Crippen LogP contribution in [0.15, 0.2) is 66.2 Å². The summed E-state index contributed by atoms with van der Waals surface area (Å²) in [7, 11) is 0. The molecular formula is C28H23Cl2NO3. The molecule has 0 aromatic heterocycles. The molecule has 1 unspecified atom stereocenters. The number of hydrogen-bond acceptors (Lipinski definition) is 3. The molecule has 3 aromatic carbocycles. The van der Waals surface area contributed by atoms with E-state index in [9.17, 15) is 14.7 Å².